The summed E-state index contributed by atoms with van der Waals surface area (Å²) in [7, 11) is 0. The van der Waals surface area contributed by atoms with Crippen molar-refractivity contribution in [1.82, 2.24) is 20.2 Å². The van der Waals surface area contributed by atoms with Crippen molar-refractivity contribution in [3.8, 4) is 22.4 Å². The molecule has 0 aliphatic carbocycles. The van der Waals surface area contributed by atoms with Gasteiger partial charge in [-0.05, 0) is 60.4 Å². The van der Waals surface area contributed by atoms with E-state index in [1.165, 1.54) is 23.3 Å². The number of aromatic nitrogens is 4. The van der Waals surface area contributed by atoms with Gasteiger partial charge in [-0.3, -0.25) is 9.78 Å². The van der Waals surface area contributed by atoms with Gasteiger partial charge in [-0.15, -0.1) is 0 Å². The highest BCUT2D eigenvalue weighted by Crippen LogP contribution is 2.21. The number of nitrogens with one attached hydrogen (secondary N) is 1. The van der Waals surface area contributed by atoms with E-state index in [9.17, 15) is 9.18 Å². The summed E-state index contributed by atoms with van der Waals surface area (Å²) >= 11 is 0. The van der Waals surface area contributed by atoms with E-state index in [1.807, 2.05) is 12.3 Å². The fraction of sp³-hybridized carbons (Fsp3) is 0.125. The minimum atomic E-state index is -0.285. The molecule has 156 valence electrons. The first kappa shape index (κ1) is 21.7. The third-order valence-electron chi connectivity index (χ3n) is 4.53. The van der Waals surface area contributed by atoms with Crippen LogP contribution in [0.15, 0.2) is 73.3 Å². The maximum Gasteiger partial charge on any atom is 0.212 e. The minimum absolute atomic E-state index is 0.285. The quantitative estimate of drug-likeness (QED) is 0.471. The van der Waals surface area contributed by atoms with Crippen molar-refractivity contribution in [2.45, 2.75) is 20.3 Å². The lowest BCUT2D eigenvalue weighted by molar-refractivity contribution is -0.105. The normalized spacial score (nSPS) is 10.0. The first-order valence-electron chi connectivity index (χ1n) is 9.75. The van der Waals surface area contributed by atoms with Crippen LogP contribution in [-0.4, -0.2) is 26.6 Å². The van der Waals surface area contributed by atoms with E-state index < -0.39 is 0 Å². The SMILES string of the molecule is CCc1cnc(-c2ccnnc2)c(C)c1.O=CNc1ccc(-c2cccc(F)c2)cn1. The Morgan fingerprint density at radius 3 is 2.42 bits per heavy atom. The minimum Gasteiger partial charge on any atom is -0.313 e. The van der Waals surface area contributed by atoms with Crippen LogP contribution in [0, 0.1) is 12.7 Å². The topological polar surface area (TPSA) is 80.7 Å². The van der Waals surface area contributed by atoms with Crippen LogP contribution in [0.25, 0.3) is 22.4 Å². The van der Waals surface area contributed by atoms with Gasteiger partial charge in [-0.2, -0.15) is 10.2 Å². The van der Waals surface area contributed by atoms with Crippen LogP contribution in [0.1, 0.15) is 18.1 Å². The zero-order chi connectivity index (χ0) is 22.1. The Balaban J connectivity index is 0.000000176. The standard InChI is InChI=1S/C12H9FN2O.C12H13N3/c13-11-3-1-2-9(6-11)10-4-5-12(14-7-10)15-8-16;1-3-10-6-9(2)12(13-7-10)11-4-5-14-15-8-11/h1-8H,(H,14,15,16);4-8H,3H2,1-2H3. The van der Waals surface area contributed by atoms with Gasteiger partial charge in [0.25, 0.3) is 0 Å². The van der Waals surface area contributed by atoms with E-state index in [0.29, 0.717) is 12.2 Å². The van der Waals surface area contributed by atoms with Gasteiger partial charge in [0, 0.05) is 23.5 Å². The Morgan fingerprint density at radius 2 is 1.81 bits per heavy atom. The molecule has 0 saturated carbocycles. The molecule has 6 nitrogen and oxygen atoms in total. The summed E-state index contributed by atoms with van der Waals surface area (Å²) in [5.41, 5.74) is 6.01. The lowest BCUT2D eigenvalue weighted by atomic mass is 10.1. The van der Waals surface area contributed by atoms with Crippen LogP contribution in [0.2, 0.25) is 0 Å². The van der Waals surface area contributed by atoms with Gasteiger partial charge >= 0.3 is 0 Å². The largest absolute Gasteiger partial charge is 0.313 e. The molecule has 4 aromatic rings. The molecule has 0 fully saturated rings. The van der Waals surface area contributed by atoms with Gasteiger partial charge in [-0.25, -0.2) is 9.37 Å². The molecule has 0 spiro atoms. The summed E-state index contributed by atoms with van der Waals surface area (Å²) in [6.07, 6.45) is 8.50. The Labute approximate surface area is 180 Å². The van der Waals surface area contributed by atoms with Gasteiger partial charge in [0.15, 0.2) is 0 Å². The Hall–Kier alpha value is -4.00. The summed E-state index contributed by atoms with van der Waals surface area (Å²) in [6.45, 7) is 4.20. The van der Waals surface area contributed by atoms with Gasteiger partial charge in [0.05, 0.1) is 18.1 Å². The predicted octanol–water partition coefficient (Wildman–Crippen LogP) is 4.87. The van der Waals surface area contributed by atoms with Crippen molar-refractivity contribution in [2.24, 2.45) is 0 Å². The molecule has 1 N–H and O–H groups in total. The molecule has 3 heterocycles. The number of hydrogen-bond acceptors (Lipinski definition) is 5. The third kappa shape index (κ3) is 5.99. The first-order chi connectivity index (χ1) is 15.1. The fourth-order valence-electron chi connectivity index (χ4n) is 2.94. The molecule has 7 heteroatoms. The third-order valence-corrected chi connectivity index (χ3v) is 4.53. The zero-order valence-corrected chi connectivity index (χ0v) is 17.3. The fourth-order valence-corrected chi connectivity index (χ4v) is 2.94. The van der Waals surface area contributed by atoms with E-state index in [1.54, 1.807) is 42.9 Å². The van der Waals surface area contributed by atoms with Crippen LogP contribution >= 0.6 is 0 Å². The molecule has 0 aliphatic rings. The maximum atomic E-state index is 13.0. The molecular weight excluding hydrogens is 393 g/mol. The highest BCUT2D eigenvalue weighted by atomic mass is 19.1. The monoisotopic (exact) mass is 415 g/mol. The Bertz CT molecular complexity index is 1130. The van der Waals surface area contributed by atoms with Gasteiger partial charge < -0.3 is 5.32 Å². The molecule has 0 radical (unpaired) electrons. The summed E-state index contributed by atoms with van der Waals surface area (Å²) in [5.74, 6) is 0.183. The lowest BCUT2D eigenvalue weighted by Gasteiger charge is -2.05. The second-order valence-electron chi connectivity index (χ2n) is 6.70. The van der Waals surface area contributed by atoms with Crippen LogP contribution in [0.5, 0.6) is 0 Å². The van der Waals surface area contributed by atoms with E-state index in [-0.39, 0.29) is 5.82 Å². The van der Waals surface area contributed by atoms with E-state index in [2.05, 4.69) is 45.4 Å². The molecule has 4 rings (SSSR count). The number of anilines is 1. The maximum absolute atomic E-state index is 13.0. The molecule has 0 saturated heterocycles. The molecule has 1 amide bonds. The van der Waals surface area contributed by atoms with Crippen LogP contribution in [0.4, 0.5) is 10.2 Å². The molecule has 0 bridgehead atoms. The summed E-state index contributed by atoms with van der Waals surface area (Å²) in [6, 6.07) is 13.8. The highest BCUT2D eigenvalue weighted by Gasteiger charge is 2.04. The second kappa shape index (κ2) is 10.7. The van der Waals surface area contributed by atoms with Crippen molar-refractivity contribution >= 4 is 12.2 Å². The zero-order valence-electron chi connectivity index (χ0n) is 17.3. The number of carbonyl (C=O) groups is 1. The van der Waals surface area contributed by atoms with E-state index in [4.69, 9.17) is 0 Å². The lowest BCUT2D eigenvalue weighted by Crippen LogP contribution is -1.95. The smallest absolute Gasteiger partial charge is 0.212 e. The predicted molar refractivity (Wildman–Crippen MR) is 119 cm³/mol. The van der Waals surface area contributed by atoms with E-state index >= 15 is 0 Å². The number of carbonyl (C=O) groups excluding carboxylic acids is 1. The molecule has 0 unspecified atom stereocenters. The van der Waals surface area contributed by atoms with Gasteiger partial charge in [-0.1, -0.05) is 25.1 Å². The molecule has 31 heavy (non-hydrogen) atoms. The molecular formula is C24H22FN5O. The molecule has 3 aromatic heterocycles. The van der Waals surface area contributed by atoms with Crippen LogP contribution in [0.3, 0.4) is 0 Å². The number of hydrogen-bond donors (Lipinski definition) is 1. The van der Waals surface area contributed by atoms with Crippen molar-refractivity contribution in [3.05, 3.63) is 90.3 Å². The summed E-state index contributed by atoms with van der Waals surface area (Å²) in [4.78, 5) is 18.6. The van der Waals surface area contributed by atoms with Crippen molar-refractivity contribution in [3.63, 3.8) is 0 Å². The van der Waals surface area contributed by atoms with Crippen molar-refractivity contribution < 1.29 is 9.18 Å². The average Bonchev–Trinajstić information content (AvgIpc) is 2.81. The van der Waals surface area contributed by atoms with Crippen molar-refractivity contribution in [1.29, 1.82) is 0 Å². The second-order valence-corrected chi connectivity index (χ2v) is 6.70. The number of nitrogens with zero attached hydrogens (tertiary/aromatic N) is 4. The van der Waals surface area contributed by atoms with Gasteiger partial charge in [0.1, 0.15) is 11.6 Å². The number of amides is 1. The average molecular weight is 415 g/mol. The van der Waals surface area contributed by atoms with Gasteiger partial charge in [0.2, 0.25) is 6.41 Å². The first-order valence-corrected chi connectivity index (χ1v) is 9.75. The van der Waals surface area contributed by atoms with Crippen LogP contribution < -0.4 is 5.32 Å². The number of rotatable bonds is 5. The number of benzene rings is 1. The molecule has 1 aromatic carbocycles. The Morgan fingerprint density at radius 1 is 0.935 bits per heavy atom. The summed E-state index contributed by atoms with van der Waals surface area (Å²) < 4.78 is 13.0. The number of aryl methyl sites for hydroxylation is 2. The number of pyridine rings is 2. The summed E-state index contributed by atoms with van der Waals surface area (Å²) in [5, 5.41) is 10.0. The van der Waals surface area contributed by atoms with Crippen LogP contribution in [-0.2, 0) is 11.2 Å². The molecule has 0 aliphatic heterocycles. The Kier molecular flexibility index (Phi) is 7.48. The van der Waals surface area contributed by atoms with Crippen molar-refractivity contribution in [2.75, 3.05) is 5.32 Å². The highest BCUT2D eigenvalue weighted by molar-refractivity contribution is 5.70. The number of halogens is 1. The van der Waals surface area contributed by atoms with E-state index in [0.717, 1.165) is 28.8 Å². The molecule has 0 atom stereocenters.